The lowest BCUT2D eigenvalue weighted by Gasteiger charge is -2.18. The van der Waals surface area contributed by atoms with E-state index in [1.807, 2.05) is 11.8 Å². The van der Waals surface area contributed by atoms with Gasteiger partial charge in [0.05, 0.1) is 10.7 Å². The third kappa shape index (κ3) is 2.57. The summed E-state index contributed by atoms with van der Waals surface area (Å²) >= 11 is 3.71. The number of aromatic nitrogens is 1. The van der Waals surface area contributed by atoms with Crippen molar-refractivity contribution < 1.29 is 0 Å². The SMILES string of the molecule is Cc1nc(CC(N)C2CSc3ccccc32)sc1C. The molecule has 2 atom stereocenters. The van der Waals surface area contributed by atoms with Crippen molar-refractivity contribution in [3.05, 3.63) is 45.4 Å². The molecule has 0 spiro atoms. The summed E-state index contributed by atoms with van der Waals surface area (Å²) in [6.45, 7) is 4.20. The van der Waals surface area contributed by atoms with Crippen molar-refractivity contribution in [1.29, 1.82) is 0 Å². The van der Waals surface area contributed by atoms with E-state index in [1.165, 1.54) is 20.3 Å². The summed E-state index contributed by atoms with van der Waals surface area (Å²) < 4.78 is 0. The van der Waals surface area contributed by atoms with Gasteiger partial charge in [0.15, 0.2) is 0 Å². The molecule has 2 heterocycles. The lowest BCUT2D eigenvalue weighted by molar-refractivity contribution is 0.570. The first-order chi connectivity index (χ1) is 9.15. The van der Waals surface area contributed by atoms with Gasteiger partial charge >= 0.3 is 0 Å². The summed E-state index contributed by atoms with van der Waals surface area (Å²) in [7, 11) is 0. The van der Waals surface area contributed by atoms with E-state index in [-0.39, 0.29) is 6.04 Å². The van der Waals surface area contributed by atoms with E-state index in [0.717, 1.165) is 17.9 Å². The monoisotopic (exact) mass is 290 g/mol. The molecule has 100 valence electrons. The molecule has 4 heteroatoms. The predicted octanol–water partition coefficient (Wildman–Crippen LogP) is 3.52. The van der Waals surface area contributed by atoms with E-state index in [1.54, 1.807) is 11.3 Å². The highest BCUT2D eigenvalue weighted by Crippen LogP contribution is 2.41. The van der Waals surface area contributed by atoms with Gasteiger partial charge in [0.25, 0.3) is 0 Å². The molecule has 2 unspecified atom stereocenters. The van der Waals surface area contributed by atoms with Crippen LogP contribution in [-0.4, -0.2) is 16.8 Å². The van der Waals surface area contributed by atoms with Crippen molar-refractivity contribution >= 4 is 23.1 Å². The Hall–Kier alpha value is -0.840. The predicted molar refractivity (Wildman–Crippen MR) is 83.2 cm³/mol. The van der Waals surface area contributed by atoms with E-state index >= 15 is 0 Å². The second kappa shape index (κ2) is 5.27. The second-order valence-corrected chi connectivity index (χ2v) is 7.42. The van der Waals surface area contributed by atoms with Gasteiger partial charge in [-0.3, -0.25) is 0 Å². The van der Waals surface area contributed by atoms with Crippen LogP contribution in [0.25, 0.3) is 0 Å². The molecule has 1 aliphatic heterocycles. The standard InChI is InChI=1S/C15H18N2S2/c1-9-10(2)19-15(17-9)7-13(16)12-8-18-14-6-4-3-5-11(12)14/h3-6,12-13H,7-8,16H2,1-2H3. The molecule has 3 rings (SSSR count). The zero-order valence-corrected chi connectivity index (χ0v) is 12.9. The molecule has 0 amide bonds. The van der Waals surface area contributed by atoms with Crippen LogP contribution in [0.5, 0.6) is 0 Å². The number of hydrogen-bond donors (Lipinski definition) is 1. The van der Waals surface area contributed by atoms with E-state index in [4.69, 9.17) is 5.73 Å². The van der Waals surface area contributed by atoms with Gasteiger partial charge < -0.3 is 5.73 Å². The maximum absolute atomic E-state index is 6.44. The van der Waals surface area contributed by atoms with Crippen LogP contribution in [0, 0.1) is 13.8 Å². The number of nitrogens with zero attached hydrogens (tertiary/aromatic N) is 1. The maximum Gasteiger partial charge on any atom is 0.0946 e. The molecule has 0 radical (unpaired) electrons. The Labute approximate surface area is 122 Å². The zero-order valence-electron chi connectivity index (χ0n) is 11.2. The minimum absolute atomic E-state index is 0.168. The van der Waals surface area contributed by atoms with Crippen LogP contribution in [0.1, 0.15) is 27.1 Å². The first kappa shape index (κ1) is 13.2. The fraction of sp³-hybridized carbons (Fsp3) is 0.400. The average molecular weight is 290 g/mol. The summed E-state index contributed by atoms with van der Waals surface area (Å²) in [5.41, 5.74) is 9.01. The Bertz CT molecular complexity index is 572. The Morgan fingerprint density at radius 2 is 2.16 bits per heavy atom. The van der Waals surface area contributed by atoms with Crippen molar-refractivity contribution in [2.24, 2.45) is 5.73 Å². The molecule has 2 nitrogen and oxygen atoms in total. The lowest BCUT2D eigenvalue weighted by atomic mass is 9.92. The highest BCUT2D eigenvalue weighted by molar-refractivity contribution is 7.99. The van der Waals surface area contributed by atoms with Gasteiger partial charge in [0.1, 0.15) is 0 Å². The van der Waals surface area contributed by atoms with Crippen LogP contribution in [0.15, 0.2) is 29.2 Å². The average Bonchev–Trinajstić information content (AvgIpc) is 2.94. The van der Waals surface area contributed by atoms with E-state index in [0.29, 0.717) is 5.92 Å². The van der Waals surface area contributed by atoms with Crippen LogP contribution in [0.3, 0.4) is 0 Å². The fourth-order valence-electron chi connectivity index (χ4n) is 2.51. The van der Waals surface area contributed by atoms with Gasteiger partial charge in [-0.15, -0.1) is 23.1 Å². The van der Waals surface area contributed by atoms with Gasteiger partial charge in [-0.1, -0.05) is 18.2 Å². The van der Waals surface area contributed by atoms with Crippen LogP contribution in [0.4, 0.5) is 0 Å². The van der Waals surface area contributed by atoms with Gasteiger partial charge in [0, 0.05) is 33.9 Å². The van der Waals surface area contributed by atoms with Gasteiger partial charge in [-0.05, 0) is 25.5 Å². The van der Waals surface area contributed by atoms with Gasteiger partial charge in [0.2, 0.25) is 0 Å². The summed E-state index contributed by atoms with van der Waals surface area (Å²) in [5.74, 6) is 1.56. The summed E-state index contributed by atoms with van der Waals surface area (Å²) in [6, 6.07) is 8.80. The molecule has 0 saturated heterocycles. The molecule has 0 aliphatic carbocycles. The highest BCUT2D eigenvalue weighted by atomic mass is 32.2. The quantitative estimate of drug-likeness (QED) is 0.940. The Kier molecular flexibility index (Phi) is 3.65. The van der Waals surface area contributed by atoms with Crippen molar-refractivity contribution in [3.63, 3.8) is 0 Å². The Morgan fingerprint density at radius 3 is 2.89 bits per heavy atom. The Balaban J connectivity index is 1.77. The third-order valence-corrected chi connectivity index (χ3v) is 6.04. The van der Waals surface area contributed by atoms with Gasteiger partial charge in [-0.2, -0.15) is 0 Å². The van der Waals surface area contributed by atoms with E-state index in [2.05, 4.69) is 43.1 Å². The van der Waals surface area contributed by atoms with E-state index < -0.39 is 0 Å². The number of thioether (sulfide) groups is 1. The molecule has 0 bridgehead atoms. The second-order valence-electron chi connectivity index (χ2n) is 5.07. The smallest absolute Gasteiger partial charge is 0.0946 e. The van der Waals surface area contributed by atoms with Crippen LogP contribution in [0.2, 0.25) is 0 Å². The molecule has 19 heavy (non-hydrogen) atoms. The number of rotatable bonds is 3. The first-order valence-electron chi connectivity index (χ1n) is 6.55. The number of nitrogens with two attached hydrogens (primary N) is 1. The molecular formula is C15H18N2S2. The molecular weight excluding hydrogens is 272 g/mol. The maximum atomic E-state index is 6.44. The number of aryl methyl sites for hydroxylation is 2. The van der Waals surface area contributed by atoms with Crippen LogP contribution >= 0.6 is 23.1 Å². The number of thiazole rings is 1. The first-order valence-corrected chi connectivity index (χ1v) is 8.35. The fourth-order valence-corrected chi connectivity index (χ4v) is 4.86. The molecule has 2 N–H and O–H groups in total. The molecule has 0 saturated carbocycles. The van der Waals surface area contributed by atoms with Crippen molar-refractivity contribution in [3.8, 4) is 0 Å². The van der Waals surface area contributed by atoms with Crippen molar-refractivity contribution in [1.82, 2.24) is 4.98 Å². The van der Waals surface area contributed by atoms with Crippen molar-refractivity contribution in [2.45, 2.75) is 37.1 Å². The topological polar surface area (TPSA) is 38.9 Å². The Morgan fingerprint density at radius 1 is 1.37 bits per heavy atom. The summed E-state index contributed by atoms with van der Waals surface area (Å²) in [6.07, 6.45) is 0.888. The molecule has 1 aromatic carbocycles. The zero-order chi connectivity index (χ0) is 13.4. The van der Waals surface area contributed by atoms with E-state index in [9.17, 15) is 0 Å². The number of benzene rings is 1. The molecule has 1 aliphatic rings. The summed E-state index contributed by atoms with van der Waals surface area (Å²) in [4.78, 5) is 7.32. The minimum atomic E-state index is 0.168. The molecule has 2 aromatic rings. The highest BCUT2D eigenvalue weighted by Gasteiger charge is 2.28. The van der Waals surface area contributed by atoms with Crippen LogP contribution in [-0.2, 0) is 6.42 Å². The normalized spacial score (nSPS) is 19.4. The number of hydrogen-bond acceptors (Lipinski definition) is 4. The van der Waals surface area contributed by atoms with Gasteiger partial charge in [-0.25, -0.2) is 4.98 Å². The molecule has 1 aromatic heterocycles. The minimum Gasteiger partial charge on any atom is -0.327 e. The third-order valence-electron chi connectivity index (χ3n) is 3.74. The molecule has 0 fully saturated rings. The van der Waals surface area contributed by atoms with Crippen molar-refractivity contribution in [2.75, 3.05) is 5.75 Å². The number of fused-ring (bicyclic) bond motifs is 1. The van der Waals surface area contributed by atoms with Crippen LogP contribution < -0.4 is 5.73 Å². The lowest BCUT2D eigenvalue weighted by Crippen LogP contribution is -2.30. The summed E-state index contributed by atoms with van der Waals surface area (Å²) in [5, 5.41) is 1.18. The largest absolute Gasteiger partial charge is 0.327 e.